The molecule has 37 heavy (non-hydrogen) atoms. The van der Waals surface area contributed by atoms with Crippen LogP contribution in [0.5, 0.6) is 0 Å². The summed E-state index contributed by atoms with van der Waals surface area (Å²) >= 11 is 0. The van der Waals surface area contributed by atoms with Gasteiger partial charge in [-0.1, -0.05) is 48.5 Å². The van der Waals surface area contributed by atoms with Gasteiger partial charge in [-0.2, -0.15) is 0 Å². The number of nitrogens with one attached hydrogen (secondary N) is 3. The number of carbonyl (C=O) groups is 1. The molecule has 0 aliphatic heterocycles. The number of amides is 1. The van der Waals surface area contributed by atoms with Crippen molar-refractivity contribution in [2.75, 3.05) is 6.54 Å². The molecule has 2 aromatic heterocycles. The Morgan fingerprint density at radius 1 is 1.00 bits per heavy atom. The second-order valence-corrected chi connectivity index (χ2v) is 9.76. The van der Waals surface area contributed by atoms with Gasteiger partial charge in [-0.05, 0) is 71.4 Å². The van der Waals surface area contributed by atoms with E-state index in [1.807, 2.05) is 6.20 Å². The zero-order chi connectivity index (χ0) is 25.2. The quantitative estimate of drug-likeness (QED) is 0.124. The maximum Gasteiger partial charge on any atom is 0.267 e. The minimum absolute atomic E-state index is 0.327. The Morgan fingerprint density at radius 3 is 2.76 bits per heavy atom. The van der Waals surface area contributed by atoms with E-state index in [-0.39, 0.29) is 0 Å². The minimum atomic E-state index is -0.527. The molecule has 186 valence electrons. The van der Waals surface area contributed by atoms with E-state index >= 15 is 0 Å². The topological polar surface area (TPSA) is 84.2 Å². The van der Waals surface area contributed by atoms with Crippen molar-refractivity contribution in [3.05, 3.63) is 113 Å². The van der Waals surface area contributed by atoms with Crippen LogP contribution < -0.4 is 5.48 Å². The molecule has 1 amide bonds. The average molecular weight is 491 g/mol. The van der Waals surface area contributed by atoms with E-state index in [2.05, 4.69) is 87.8 Å². The fourth-order valence-corrected chi connectivity index (χ4v) is 5.76. The lowest BCUT2D eigenvalue weighted by atomic mass is 10.0. The average Bonchev–Trinajstić information content (AvgIpc) is 3.68. The number of aromatic nitrogens is 2. The van der Waals surface area contributed by atoms with Gasteiger partial charge in [0.2, 0.25) is 0 Å². The minimum Gasteiger partial charge on any atom is -0.361 e. The lowest BCUT2D eigenvalue weighted by Crippen LogP contribution is -2.29. The molecule has 1 atom stereocenters. The number of nitrogens with zero attached hydrogens (tertiary/aromatic N) is 1. The predicted octanol–water partition coefficient (Wildman–Crippen LogP) is 5.90. The summed E-state index contributed by atoms with van der Waals surface area (Å²) in [6, 6.07) is 23.9. The van der Waals surface area contributed by atoms with Gasteiger partial charge in [0.1, 0.15) is 0 Å². The van der Waals surface area contributed by atoms with E-state index in [1.54, 1.807) is 11.6 Å². The van der Waals surface area contributed by atoms with Crippen LogP contribution in [-0.4, -0.2) is 32.5 Å². The zero-order valence-electron chi connectivity index (χ0n) is 20.6. The summed E-state index contributed by atoms with van der Waals surface area (Å²) in [5.41, 5.74) is 10.3. The Labute approximate surface area is 215 Å². The maximum absolute atomic E-state index is 11.4. The molecule has 0 saturated carbocycles. The fourth-order valence-electron chi connectivity index (χ4n) is 5.76. The molecular weight excluding hydrogens is 460 g/mol. The lowest BCUT2D eigenvalue weighted by Gasteiger charge is -2.30. The van der Waals surface area contributed by atoms with Crippen molar-refractivity contribution in [2.45, 2.75) is 31.8 Å². The maximum atomic E-state index is 11.4. The van der Waals surface area contributed by atoms with Crippen LogP contribution in [0.25, 0.3) is 27.9 Å². The summed E-state index contributed by atoms with van der Waals surface area (Å²) in [6.45, 7) is 1.82. The third-order valence-electron chi connectivity index (χ3n) is 7.59. The van der Waals surface area contributed by atoms with E-state index in [4.69, 9.17) is 5.21 Å². The molecule has 4 N–H and O–H groups in total. The van der Waals surface area contributed by atoms with Crippen LogP contribution in [0.3, 0.4) is 0 Å². The Hall–Kier alpha value is -4.13. The molecule has 1 unspecified atom stereocenters. The number of hydrogen-bond acceptors (Lipinski definition) is 3. The van der Waals surface area contributed by atoms with Crippen molar-refractivity contribution < 1.29 is 10.0 Å². The van der Waals surface area contributed by atoms with Crippen LogP contribution in [0.4, 0.5) is 0 Å². The first kappa shape index (κ1) is 23.3. The normalized spacial score (nSPS) is 15.2. The van der Waals surface area contributed by atoms with E-state index < -0.39 is 5.91 Å². The standard InChI is InChI=1S/C31H30N4O2/c36-31(34-37)13-9-21-8-11-27-22(18-21)10-12-30(27)35(20-24-4-3-7-28-26(24)14-16-32-28)17-15-23-19-33-29-6-2-1-5-25(23)29/h1-9,11,13-14,16,18-19,30,32-33,37H,10,12,15,17,20H2,(H,34,36). The monoisotopic (exact) mass is 490 g/mol. The fraction of sp³-hybridized carbons (Fsp3) is 0.194. The smallest absolute Gasteiger partial charge is 0.267 e. The highest BCUT2D eigenvalue weighted by Crippen LogP contribution is 2.38. The molecule has 3 aromatic carbocycles. The van der Waals surface area contributed by atoms with Gasteiger partial charge >= 0.3 is 0 Å². The van der Waals surface area contributed by atoms with Crippen molar-refractivity contribution in [3.8, 4) is 0 Å². The van der Waals surface area contributed by atoms with Crippen LogP contribution in [0.1, 0.15) is 40.3 Å². The lowest BCUT2D eigenvalue weighted by molar-refractivity contribution is -0.124. The molecule has 6 nitrogen and oxygen atoms in total. The molecule has 2 heterocycles. The number of benzene rings is 3. The number of para-hydroxylation sites is 1. The summed E-state index contributed by atoms with van der Waals surface area (Å²) < 4.78 is 0. The van der Waals surface area contributed by atoms with Crippen molar-refractivity contribution in [3.63, 3.8) is 0 Å². The number of hydroxylamine groups is 1. The molecule has 0 radical (unpaired) electrons. The van der Waals surface area contributed by atoms with E-state index in [0.717, 1.165) is 37.9 Å². The van der Waals surface area contributed by atoms with Gasteiger partial charge in [0.05, 0.1) is 0 Å². The van der Waals surface area contributed by atoms with Crippen LogP contribution in [0.15, 0.2) is 85.2 Å². The zero-order valence-corrected chi connectivity index (χ0v) is 20.6. The van der Waals surface area contributed by atoms with Gasteiger partial charge in [0, 0.05) is 59.4 Å². The van der Waals surface area contributed by atoms with Gasteiger partial charge < -0.3 is 9.97 Å². The van der Waals surface area contributed by atoms with Gasteiger partial charge in [-0.3, -0.25) is 14.9 Å². The third-order valence-corrected chi connectivity index (χ3v) is 7.59. The van der Waals surface area contributed by atoms with Crippen molar-refractivity contribution in [1.29, 1.82) is 0 Å². The second-order valence-electron chi connectivity index (χ2n) is 9.76. The summed E-state index contributed by atoms with van der Waals surface area (Å²) in [4.78, 5) is 20.8. The highest BCUT2D eigenvalue weighted by Gasteiger charge is 2.28. The van der Waals surface area contributed by atoms with E-state index in [0.29, 0.717) is 6.04 Å². The summed E-state index contributed by atoms with van der Waals surface area (Å²) in [5.74, 6) is -0.527. The number of H-pyrrole nitrogens is 2. The Kier molecular flexibility index (Phi) is 6.35. The number of fused-ring (bicyclic) bond motifs is 3. The molecular formula is C31H30N4O2. The molecule has 6 heteroatoms. The van der Waals surface area contributed by atoms with Crippen molar-refractivity contribution >= 4 is 33.8 Å². The molecule has 0 bridgehead atoms. The number of rotatable bonds is 8. The molecule has 5 aromatic rings. The van der Waals surface area contributed by atoms with Crippen LogP contribution >= 0.6 is 0 Å². The summed E-state index contributed by atoms with van der Waals surface area (Å²) in [7, 11) is 0. The van der Waals surface area contributed by atoms with Gasteiger partial charge in [0.15, 0.2) is 0 Å². The molecule has 0 fully saturated rings. The van der Waals surface area contributed by atoms with E-state index in [1.165, 1.54) is 50.1 Å². The van der Waals surface area contributed by atoms with E-state index in [9.17, 15) is 4.79 Å². The first-order chi connectivity index (χ1) is 18.2. The van der Waals surface area contributed by atoms with Crippen LogP contribution in [-0.2, 0) is 24.2 Å². The summed E-state index contributed by atoms with van der Waals surface area (Å²) in [6.07, 6.45) is 10.3. The Morgan fingerprint density at radius 2 is 1.84 bits per heavy atom. The number of hydrogen-bond donors (Lipinski definition) is 4. The molecule has 1 aliphatic carbocycles. The highest BCUT2D eigenvalue weighted by molar-refractivity contribution is 5.90. The largest absolute Gasteiger partial charge is 0.361 e. The summed E-state index contributed by atoms with van der Waals surface area (Å²) in [5, 5.41) is 11.3. The molecule has 0 spiro atoms. The second kappa shape index (κ2) is 10.1. The number of aromatic amines is 2. The molecule has 6 rings (SSSR count). The first-order valence-corrected chi connectivity index (χ1v) is 12.8. The number of aryl methyl sites for hydroxylation is 1. The third kappa shape index (κ3) is 4.69. The van der Waals surface area contributed by atoms with Crippen molar-refractivity contribution in [1.82, 2.24) is 20.3 Å². The van der Waals surface area contributed by atoms with Gasteiger partial charge in [0.25, 0.3) is 5.91 Å². The SMILES string of the molecule is O=C(C=Cc1ccc2c(c1)CCC2N(CCc1c[nH]c2ccccc12)Cc1cccc2[nH]ccc12)NO. The molecule has 1 aliphatic rings. The van der Waals surface area contributed by atoms with Crippen LogP contribution in [0.2, 0.25) is 0 Å². The number of carbonyl (C=O) groups excluding carboxylic acids is 1. The molecule has 0 saturated heterocycles. The van der Waals surface area contributed by atoms with Crippen LogP contribution in [0, 0.1) is 0 Å². The van der Waals surface area contributed by atoms with Gasteiger partial charge in [-0.25, -0.2) is 5.48 Å². The Balaban J connectivity index is 1.30. The first-order valence-electron chi connectivity index (χ1n) is 12.8. The highest BCUT2D eigenvalue weighted by atomic mass is 16.5. The van der Waals surface area contributed by atoms with Crippen molar-refractivity contribution in [2.24, 2.45) is 0 Å². The predicted molar refractivity (Wildman–Crippen MR) is 147 cm³/mol. The Bertz CT molecular complexity index is 1600. The van der Waals surface area contributed by atoms with Gasteiger partial charge in [-0.15, -0.1) is 0 Å².